The van der Waals surface area contributed by atoms with Crippen molar-refractivity contribution in [2.45, 2.75) is 330 Å². The van der Waals surface area contributed by atoms with Crippen LogP contribution in [-0.2, 0) is 232 Å². The number of nitrogens with zero attached hydrogens (tertiary/aromatic N) is 8. The Balaban J connectivity index is -0.000000839. The van der Waals surface area contributed by atoms with Gasteiger partial charge in [-0.05, 0) is 93.3 Å². The van der Waals surface area contributed by atoms with Gasteiger partial charge in [-0.2, -0.15) is 0 Å². The van der Waals surface area contributed by atoms with Gasteiger partial charge >= 0.3 is 24.0 Å². The summed E-state index contributed by atoms with van der Waals surface area (Å²) in [6.45, 7) is 78.9. The molecule has 0 aromatic rings. The van der Waals surface area contributed by atoms with Gasteiger partial charge in [-0.15, -0.1) is 27.2 Å². The van der Waals surface area contributed by atoms with Crippen LogP contribution in [0.1, 0.15) is 241 Å². The van der Waals surface area contributed by atoms with Gasteiger partial charge < -0.3 is 139 Å². The van der Waals surface area contributed by atoms with E-state index in [2.05, 4.69) is 113 Å². The monoisotopic (exact) mass is 2220 g/mol. The molecular weight excluding hydrogens is 2070 g/mol. The number of alkyl carbamates (subject to hydrolysis) is 1. The summed E-state index contributed by atoms with van der Waals surface area (Å²) >= 11 is 0. The van der Waals surface area contributed by atoms with Crippen molar-refractivity contribution in [3.63, 3.8) is 0 Å². The summed E-state index contributed by atoms with van der Waals surface area (Å²) in [4.78, 5) is 193. The Morgan fingerprint density at radius 2 is 0.756 bits per heavy atom. The Hall–Kier alpha value is -6.66. The number of ether oxygens (including phenoxy) is 3. The average molecular weight is 2220 g/mol. The van der Waals surface area contributed by atoms with Gasteiger partial charge in [0.1, 0.15) is 83.9 Å². The smallest absolute Gasteiger partial charge is 0.408 e. The third kappa shape index (κ3) is 46.5. The SMILES string of the molecule is C=CCCCC(=O)N[C@H](C(=O)N1C[C@H](O/N=C(\[CH2-])C)C[C@H]1C(=O)OC)C(C)(C)C.[CH-]=C.[CH-]=C.[CH-]=CCCCC(=O)N[C@H](C(=O)N1C[C@H](O/N=C(\[CH2-])C)C[C@H]1C(=O)NC1(C(=O)NS(=O)(=O)C2CC2)C[C@H]1C)C(C)(C)C.[CH-]=CCCCC(=O)N[C@H](C(=O)N1C[C@H](O/N=C(\[CH2-])C)C[C@H]1C(=O)O)C(C)(C)C.[CH2-]/C(C)=N\O[C@@H]1C[C@@H](C(=O)OC)N(C(=O)[C@@H](NC(=O)OC(C)(C)C)C(C)(C)C)C1.[Y].[Y].[Y].[Y]. The fourth-order valence-electron chi connectivity index (χ4n) is 13.8. The van der Waals surface area contributed by atoms with Gasteiger partial charge in [-0.25, -0.2) is 27.6 Å². The van der Waals surface area contributed by atoms with Crippen LogP contribution in [0.5, 0.6) is 0 Å². The summed E-state index contributed by atoms with van der Waals surface area (Å²) in [7, 11) is -1.27. The first-order valence-corrected chi connectivity index (χ1v) is 45.1. The summed E-state index contributed by atoms with van der Waals surface area (Å²) in [6, 6.07) is -7.22. The van der Waals surface area contributed by atoms with Crippen molar-refractivity contribution in [2.24, 2.45) is 48.2 Å². The van der Waals surface area contributed by atoms with Gasteiger partial charge in [0.15, 0.2) is 0 Å². The molecule has 1 unspecified atom stereocenters. The van der Waals surface area contributed by atoms with E-state index in [1.165, 1.54) is 46.0 Å². The standard InChI is InChI=1S/C28H43N5O7S.C21H34N3O5.C20H34N3O6.C20H31N3O5.2C2H3.4Y/c1-8-9-10-11-22(34)29-23(27(5,6)7)25(36)33-16-19(40-31-17(2)3)14-21(33)24(35)30-28(15-18(28)4)26(37)32-41(38,39)20-12-13-20;1-8-9-10-11-17(25)22-18(21(4,5)6)19(26)24-13-15(29-23-14(2)3)12-16(24)20(27)28-7;1-12(2)22-29-13-10-14(17(25)27-9)23(11-13)16(24)15(19(3,4)5)21-18(26)28-20(6,7)8;1-7-8-9-10-16(24)21-17(20(4,5)6)18(25)23-12-14(28-22-13(2)3)11-15(23)19(26)27;2*1-2;;;;/h1,8,18-21,23H,2,9-16H2,3-7H3,(H,29,34)(H,30,35)(H,32,37);8,15-16,18H,1-2,9-13H2,3-7H3,(H,22,25);13-15H,1,10-11H2,2-9H3,(H,21,26);1,7,14-15,17H,2,8-12H2,3-6H3,(H,21,24)(H,26,27);2*1H,2H2;;;;/q-2;2*-1;-2;2*-1;;;;/b31-17+;23-14+;22-12+;22-13+;;;;;;/t18-,19-,21+,23-,28?;15-,16+,18-;13-,14+,15-;14-,15+,17-;;;;;;/m1111....../s1. The number of amides is 10. The molecule has 754 valence electrons. The topological polar surface area (TPSA) is 475 Å². The zero-order chi connectivity index (χ0) is 101. The van der Waals surface area contributed by atoms with Crippen LogP contribution in [0.3, 0.4) is 0 Å². The Kier molecular flexibility index (Phi) is 62.3. The van der Waals surface area contributed by atoms with Crippen molar-refractivity contribution in [1.82, 2.24) is 50.9 Å². The largest absolute Gasteiger partial charge is 0.521 e. The van der Waals surface area contributed by atoms with Gasteiger partial charge in [-0.1, -0.05) is 159 Å². The van der Waals surface area contributed by atoms with Crippen LogP contribution < -0.4 is 31.3 Å². The first-order valence-electron chi connectivity index (χ1n) is 43.6. The first-order chi connectivity index (χ1) is 60.6. The molecule has 37 nitrogen and oxygen atoms in total. The minimum atomic E-state index is -3.81. The van der Waals surface area contributed by atoms with Crippen molar-refractivity contribution < 1.29 is 240 Å². The first kappa shape index (κ1) is 135. The van der Waals surface area contributed by atoms with E-state index in [0.29, 0.717) is 74.2 Å². The molecule has 0 aromatic heterocycles. The molecule has 6 rings (SSSR count). The maximum Gasteiger partial charge on any atom is 0.408 e. The Labute approximate surface area is 903 Å². The molecule has 6 fully saturated rings. The number of carbonyl (C=O) groups excluding carboxylic acids is 12. The van der Waals surface area contributed by atoms with E-state index in [4.69, 9.17) is 46.7 Å². The number of methoxy groups -OCH3 is 2. The fraction of sp³-hybridized carbons (Fsp3) is 0.667. The minimum Gasteiger partial charge on any atom is -0.521 e. The zero-order valence-electron chi connectivity index (χ0n) is 83.4. The average Bonchev–Trinajstić information content (AvgIpc) is 1.58. The van der Waals surface area contributed by atoms with E-state index in [0.717, 1.165) is 6.42 Å². The number of aliphatic carboxylic acids is 1. The van der Waals surface area contributed by atoms with Crippen molar-refractivity contribution in [2.75, 3.05) is 40.4 Å². The maximum atomic E-state index is 13.9. The molecule has 0 spiro atoms. The van der Waals surface area contributed by atoms with E-state index in [1.807, 2.05) is 83.1 Å². The molecule has 14 atom stereocenters. The third-order valence-electron chi connectivity index (χ3n) is 20.8. The Morgan fingerprint density at radius 1 is 0.481 bits per heavy atom. The predicted octanol–water partition coefficient (Wildman–Crippen LogP) is 9.07. The molecule has 4 aliphatic heterocycles. The summed E-state index contributed by atoms with van der Waals surface area (Å²) in [5, 5.41) is 38.1. The van der Waals surface area contributed by atoms with E-state index < -0.39 is 174 Å². The number of esters is 2. The number of rotatable bonds is 36. The molecule has 42 heteroatoms. The van der Waals surface area contributed by atoms with E-state index in [9.17, 15) is 75.9 Å². The van der Waals surface area contributed by atoms with E-state index in [-0.39, 0.29) is 232 Å². The van der Waals surface area contributed by atoms with Crippen LogP contribution >= 0.6 is 0 Å². The van der Waals surface area contributed by atoms with Crippen molar-refractivity contribution >= 4 is 110 Å². The Bertz CT molecular complexity index is 4160. The van der Waals surface area contributed by atoms with Gasteiger partial charge in [0.05, 0.1) is 45.6 Å². The van der Waals surface area contributed by atoms with Crippen LogP contribution in [0, 0.1) is 81.6 Å². The zero-order valence-corrected chi connectivity index (χ0v) is 95.6. The molecule has 10 amide bonds. The van der Waals surface area contributed by atoms with Crippen LogP contribution in [0.25, 0.3) is 0 Å². The quantitative estimate of drug-likeness (QED) is 0.00584. The van der Waals surface area contributed by atoms with Crippen LogP contribution in [0.15, 0.2) is 58.6 Å². The summed E-state index contributed by atoms with van der Waals surface area (Å²) in [5.41, 5.74) is -2.76. The van der Waals surface area contributed by atoms with Crippen molar-refractivity contribution in [3.8, 4) is 0 Å². The molecule has 135 heavy (non-hydrogen) atoms. The molecule has 2 saturated carbocycles. The number of hydrogen-bond donors (Lipinski definition) is 7. The summed E-state index contributed by atoms with van der Waals surface area (Å²) < 4.78 is 42.0. The van der Waals surface area contributed by atoms with E-state index in [1.54, 1.807) is 61.5 Å². The minimum absolute atomic E-state index is 0. The van der Waals surface area contributed by atoms with Gasteiger partial charge in [0, 0.05) is 176 Å². The third-order valence-corrected chi connectivity index (χ3v) is 22.6. The number of likely N-dealkylation sites (tertiary alicyclic amines) is 4. The molecule has 7 N–H and O–H groups in total. The fourth-order valence-corrected chi connectivity index (χ4v) is 15.2. The second-order valence-corrected chi connectivity index (χ2v) is 40.3. The number of hydrogen-bond acceptors (Lipinski definition) is 26. The van der Waals surface area contributed by atoms with Gasteiger partial charge in [0.2, 0.25) is 57.3 Å². The Morgan fingerprint density at radius 3 is 1.01 bits per heavy atom. The number of carboxylic acids is 1. The van der Waals surface area contributed by atoms with Gasteiger partial charge in [-0.3, -0.25) is 73.2 Å². The second-order valence-electron chi connectivity index (χ2n) is 38.3. The molecule has 4 saturated heterocycles. The van der Waals surface area contributed by atoms with E-state index >= 15 is 0 Å². The van der Waals surface area contributed by atoms with Crippen molar-refractivity contribution in [1.29, 1.82) is 0 Å². The molecule has 0 aromatic carbocycles. The number of carbonyl (C=O) groups is 13. The molecule has 4 radical (unpaired) electrons. The number of carboxylic acid groups (broad SMARTS) is 1. The number of allylic oxidation sites excluding steroid dienone is 3. The summed E-state index contributed by atoms with van der Waals surface area (Å²) in [5.74, 6) is -6.36. The molecule has 2 aliphatic carbocycles. The molecule has 4 heterocycles. The van der Waals surface area contributed by atoms with Crippen molar-refractivity contribution in [3.05, 3.63) is 92.0 Å². The normalized spacial score (nSPS) is 21.7. The molecule has 6 aliphatic rings. The molecule has 0 bridgehead atoms. The predicted molar refractivity (Wildman–Crippen MR) is 496 cm³/mol. The number of unbranched alkanes of at least 4 members (excludes halogenated alkanes) is 3. The van der Waals surface area contributed by atoms with Crippen LogP contribution in [-0.4, -0.2) is 263 Å². The summed E-state index contributed by atoms with van der Waals surface area (Å²) in [6.07, 6.45) is 8.18. The number of oxime groups is 4. The maximum absolute atomic E-state index is 13.9. The van der Waals surface area contributed by atoms with Crippen LogP contribution in [0.2, 0.25) is 0 Å². The number of nitrogens with one attached hydrogen (secondary N) is 6. The second kappa shape index (κ2) is 62.5. The van der Waals surface area contributed by atoms with Crippen LogP contribution in [0.4, 0.5) is 4.79 Å². The molecular formula is C93H148N14O23SY4-8. The number of sulfonamides is 1. The van der Waals surface area contributed by atoms with Gasteiger partial charge in [0.25, 0.3) is 5.91 Å².